The van der Waals surface area contributed by atoms with E-state index in [9.17, 15) is 26.4 Å². The first-order valence-corrected chi connectivity index (χ1v) is 8.80. The van der Waals surface area contributed by atoms with E-state index in [4.69, 9.17) is 0 Å². The summed E-state index contributed by atoms with van der Waals surface area (Å²) in [5.41, 5.74) is -6.17. The molecule has 5 nitrogen and oxygen atoms in total. The number of ether oxygens (including phenoxy) is 1. The smallest absolute Gasteiger partial charge is 0.467 e. The normalized spacial score (nSPS) is 22.2. The third-order valence-corrected chi connectivity index (χ3v) is 5.55. The number of hydrogen-bond donors (Lipinski definition) is 0. The van der Waals surface area contributed by atoms with Crippen molar-refractivity contribution < 1.29 is 31.1 Å². The summed E-state index contributed by atoms with van der Waals surface area (Å²) >= 11 is 0. The number of carbonyl (C=O) groups excluding carboxylic acids is 1. The zero-order valence-corrected chi connectivity index (χ0v) is 14.7. The molecule has 0 unspecified atom stereocenters. The van der Waals surface area contributed by atoms with Gasteiger partial charge in [-0.2, -0.15) is 21.6 Å². The van der Waals surface area contributed by atoms with Crippen LogP contribution in [-0.2, 0) is 19.6 Å². The van der Waals surface area contributed by atoms with Crippen molar-refractivity contribution in [3.8, 4) is 0 Å². The number of benzene rings is 1. The summed E-state index contributed by atoms with van der Waals surface area (Å²) in [5, 5.41) is 0. The van der Waals surface area contributed by atoms with Gasteiger partial charge in [0.1, 0.15) is 6.04 Å². The molecular formula is C16H18F3NO4S. The lowest BCUT2D eigenvalue weighted by atomic mass is 9.84. The third kappa shape index (κ3) is 3.51. The summed E-state index contributed by atoms with van der Waals surface area (Å²) in [5.74, 6) is -1.03. The van der Waals surface area contributed by atoms with E-state index in [1.54, 1.807) is 30.3 Å². The average Bonchev–Trinajstić information content (AvgIpc) is 2.77. The Hall–Kier alpha value is -2.03. The fourth-order valence-electron chi connectivity index (χ4n) is 2.91. The van der Waals surface area contributed by atoms with Gasteiger partial charge in [0, 0.05) is 11.1 Å². The molecule has 0 radical (unpaired) electrons. The Labute approximate surface area is 144 Å². The molecule has 0 aromatic heterocycles. The lowest BCUT2D eigenvalue weighted by Crippen LogP contribution is -2.50. The number of esters is 1. The zero-order chi connectivity index (χ0) is 19.0. The Morgan fingerprint density at radius 1 is 1.28 bits per heavy atom. The van der Waals surface area contributed by atoms with E-state index < -0.39 is 33.0 Å². The van der Waals surface area contributed by atoms with E-state index in [0.717, 1.165) is 7.11 Å². The van der Waals surface area contributed by atoms with Crippen LogP contribution in [0.4, 0.5) is 13.2 Å². The van der Waals surface area contributed by atoms with Gasteiger partial charge in [-0.25, -0.2) is 4.79 Å². The van der Waals surface area contributed by atoms with Crippen LogP contribution < -0.4 is 0 Å². The molecule has 0 bridgehead atoms. The molecule has 1 heterocycles. The molecule has 1 aliphatic rings. The van der Waals surface area contributed by atoms with Crippen LogP contribution in [0.25, 0.3) is 6.08 Å². The number of halogens is 3. The number of nitrogens with zero attached hydrogens (tertiary/aromatic N) is 1. The van der Waals surface area contributed by atoms with Gasteiger partial charge in [0.25, 0.3) is 0 Å². The van der Waals surface area contributed by atoms with Gasteiger partial charge in [-0.3, -0.25) is 4.31 Å². The van der Waals surface area contributed by atoms with Gasteiger partial charge in [-0.15, -0.1) is 0 Å². The highest BCUT2D eigenvalue weighted by molar-refractivity contribution is 7.90. The molecule has 1 fully saturated rings. The minimum absolute atomic E-state index is 0.0308. The quantitative estimate of drug-likeness (QED) is 0.759. The first kappa shape index (κ1) is 19.3. The molecule has 9 heteroatoms. The molecule has 0 N–H and O–H groups in total. The third-order valence-electron chi connectivity index (χ3n) is 4.00. The van der Waals surface area contributed by atoms with Gasteiger partial charge >= 0.3 is 21.5 Å². The summed E-state index contributed by atoms with van der Waals surface area (Å²) in [4.78, 5) is 12.1. The Kier molecular flexibility index (Phi) is 4.91. The van der Waals surface area contributed by atoms with Crippen LogP contribution in [0, 0.1) is 5.41 Å². The fraction of sp³-hybridized carbons (Fsp3) is 0.438. The second-order valence-electron chi connectivity index (χ2n) is 6.38. The van der Waals surface area contributed by atoms with Crippen LogP contribution in [0.3, 0.4) is 0 Å². The predicted molar refractivity (Wildman–Crippen MR) is 85.4 cm³/mol. The second-order valence-corrected chi connectivity index (χ2v) is 8.19. The molecule has 1 aromatic rings. The molecular weight excluding hydrogens is 359 g/mol. The van der Waals surface area contributed by atoms with E-state index in [1.165, 1.54) is 19.9 Å². The molecule has 0 spiro atoms. The van der Waals surface area contributed by atoms with Crippen molar-refractivity contribution in [2.45, 2.75) is 31.8 Å². The number of sulfonamides is 1. The molecule has 0 amide bonds. The average molecular weight is 377 g/mol. The van der Waals surface area contributed by atoms with Crippen LogP contribution in [-0.4, -0.2) is 37.4 Å². The molecule has 1 aliphatic heterocycles. The van der Waals surface area contributed by atoms with Crippen LogP contribution in [0.2, 0.25) is 0 Å². The topological polar surface area (TPSA) is 63.7 Å². The summed E-state index contributed by atoms with van der Waals surface area (Å²) in [6.45, 7) is 3.05. The number of rotatable bonds is 3. The maximum absolute atomic E-state index is 13.2. The molecule has 0 aliphatic carbocycles. The summed E-state index contributed by atoms with van der Waals surface area (Å²) in [6.07, 6.45) is 1.31. The van der Waals surface area contributed by atoms with Crippen LogP contribution in [0.1, 0.15) is 25.8 Å². The van der Waals surface area contributed by atoms with Gasteiger partial charge < -0.3 is 4.74 Å². The van der Waals surface area contributed by atoms with Crippen molar-refractivity contribution in [1.82, 2.24) is 4.31 Å². The number of carbonyl (C=O) groups is 1. The van der Waals surface area contributed by atoms with Gasteiger partial charge in [-0.1, -0.05) is 44.2 Å². The van der Waals surface area contributed by atoms with Crippen LogP contribution in [0.5, 0.6) is 0 Å². The van der Waals surface area contributed by atoms with Gasteiger partial charge in [0.15, 0.2) is 0 Å². The largest absolute Gasteiger partial charge is 0.516 e. The van der Waals surface area contributed by atoms with E-state index in [0.29, 0.717) is 5.56 Å². The van der Waals surface area contributed by atoms with Crippen molar-refractivity contribution in [1.29, 1.82) is 0 Å². The van der Waals surface area contributed by atoms with Crippen molar-refractivity contribution >= 4 is 22.1 Å². The molecule has 1 aromatic carbocycles. The number of alkyl halides is 3. The van der Waals surface area contributed by atoms with E-state index in [-0.39, 0.29) is 16.4 Å². The fourth-order valence-corrected chi connectivity index (χ4v) is 4.21. The lowest BCUT2D eigenvalue weighted by molar-refractivity contribution is -0.147. The first-order valence-electron chi connectivity index (χ1n) is 7.36. The Bertz CT molecular complexity index is 785. The van der Waals surface area contributed by atoms with E-state index in [2.05, 4.69) is 4.74 Å². The minimum Gasteiger partial charge on any atom is -0.467 e. The van der Waals surface area contributed by atoms with Gasteiger partial charge in [-0.05, 0) is 18.1 Å². The zero-order valence-electron chi connectivity index (χ0n) is 13.9. The number of methoxy groups -OCH3 is 1. The van der Waals surface area contributed by atoms with E-state index >= 15 is 0 Å². The molecule has 0 saturated carbocycles. The van der Waals surface area contributed by atoms with Crippen molar-refractivity contribution in [3.63, 3.8) is 0 Å². The highest BCUT2D eigenvalue weighted by Gasteiger charge is 2.60. The maximum atomic E-state index is 13.2. The predicted octanol–water partition coefficient (Wildman–Crippen LogP) is 3.15. The van der Waals surface area contributed by atoms with Crippen LogP contribution in [0.15, 0.2) is 36.0 Å². The van der Waals surface area contributed by atoms with Gasteiger partial charge in [0.2, 0.25) is 0 Å². The molecule has 2 rings (SSSR count). The highest BCUT2D eigenvalue weighted by atomic mass is 32.2. The molecule has 1 atom stereocenters. The van der Waals surface area contributed by atoms with E-state index in [1.807, 2.05) is 0 Å². The monoisotopic (exact) mass is 377 g/mol. The summed E-state index contributed by atoms with van der Waals surface area (Å²) in [7, 11) is -4.75. The number of hydrogen-bond acceptors (Lipinski definition) is 4. The second kappa shape index (κ2) is 6.36. The van der Waals surface area contributed by atoms with Crippen molar-refractivity contribution in [3.05, 3.63) is 41.6 Å². The lowest BCUT2D eigenvalue weighted by Gasteiger charge is -2.31. The standard InChI is InChI=1S/C16H18F3NO4S/c1-15(2)10-12(9-11-7-5-4-6-8-11)20(13(15)14(21)24-3)25(22,23)16(17,18)19/h4-9,13H,10H2,1-3H3/b12-9+/t13-/m1/s1. The van der Waals surface area contributed by atoms with Gasteiger partial charge in [0.05, 0.1) is 7.11 Å². The number of allylic oxidation sites excluding steroid dienone is 1. The SMILES string of the molecule is COC(=O)[C@H]1N(S(=O)(=O)C(F)(F)F)/C(=C/c2ccccc2)CC1(C)C. The summed E-state index contributed by atoms with van der Waals surface area (Å²) in [6, 6.07) is 6.73. The molecule has 25 heavy (non-hydrogen) atoms. The Balaban J connectivity index is 2.67. The Morgan fingerprint density at radius 3 is 2.32 bits per heavy atom. The molecule has 1 saturated heterocycles. The Morgan fingerprint density at radius 2 is 1.84 bits per heavy atom. The highest BCUT2D eigenvalue weighted by Crippen LogP contribution is 2.48. The summed E-state index contributed by atoms with van der Waals surface area (Å²) < 4.78 is 68.5. The van der Waals surface area contributed by atoms with Crippen molar-refractivity contribution in [2.75, 3.05) is 7.11 Å². The van der Waals surface area contributed by atoms with Crippen LogP contribution >= 0.6 is 0 Å². The first-order chi connectivity index (χ1) is 11.4. The minimum atomic E-state index is -5.76. The van der Waals surface area contributed by atoms with Crippen molar-refractivity contribution in [2.24, 2.45) is 5.41 Å². The maximum Gasteiger partial charge on any atom is 0.516 e. The molecule has 138 valence electrons.